The molecule has 2 heteroatoms. The van der Waals surface area contributed by atoms with Gasteiger partial charge in [0, 0.05) is 0 Å². The molecule has 3 unspecified atom stereocenters. The molecule has 0 aliphatic heterocycles. The third-order valence-electron chi connectivity index (χ3n) is 2.92. The lowest BCUT2D eigenvalue weighted by molar-refractivity contribution is -0.143. The van der Waals surface area contributed by atoms with Gasteiger partial charge in [0.1, 0.15) is 0 Å². The molecule has 0 fully saturated rings. The Bertz CT molecular complexity index is 163. The zero-order valence-corrected chi connectivity index (χ0v) is 9.37. The summed E-state index contributed by atoms with van der Waals surface area (Å²) in [6.45, 7) is 10.3. The van der Waals surface area contributed by atoms with E-state index in [1.54, 1.807) is 6.92 Å². The van der Waals surface area contributed by atoms with Gasteiger partial charge in [-0.05, 0) is 24.2 Å². The molecule has 1 N–H and O–H groups in total. The van der Waals surface area contributed by atoms with E-state index in [9.17, 15) is 4.79 Å². The standard InChI is InChI=1S/C11H22O2/c1-7(2)6-8(3)9(4)10(5)11(12)13/h7-10H,6H2,1-5H3,(H,12,13). The number of hydrogen-bond donors (Lipinski definition) is 1. The highest BCUT2D eigenvalue weighted by atomic mass is 16.4. The second kappa shape index (κ2) is 5.25. The van der Waals surface area contributed by atoms with Crippen LogP contribution in [0, 0.1) is 23.7 Å². The maximum Gasteiger partial charge on any atom is 0.306 e. The molecule has 0 aromatic rings. The minimum atomic E-state index is -0.678. The van der Waals surface area contributed by atoms with Gasteiger partial charge in [-0.2, -0.15) is 0 Å². The molecule has 3 atom stereocenters. The van der Waals surface area contributed by atoms with Crippen LogP contribution in [-0.2, 0) is 4.79 Å². The fraction of sp³-hybridized carbons (Fsp3) is 0.909. The Morgan fingerprint density at radius 1 is 1.15 bits per heavy atom. The third kappa shape index (κ3) is 4.30. The molecule has 0 aliphatic carbocycles. The number of hydrogen-bond acceptors (Lipinski definition) is 1. The summed E-state index contributed by atoms with van der Waals surface area (Å²) in [7, 11) is 0. The molecule has 0 saturated heterocycles. The molecule has 78 valence electrons. The first-order chi connectivity index (χ1) is 5.86. The van der Waals surface area contributed by atoms with Gasteiger partial charge in [0.2, 0.25) is 0 Å². The van der Waals surface area contributed by atoms with E-state index < -0.39 is 5.97 Å². The highest BCUT2D eigenvalue weighted by molar-refractivity contribution is 5.69. The van der Waals surface area contributed by atoms with Crippen LogP contribution in [0.25, 0.3) is 0 Å². The molecule has 0 bridgehead atoms. The lowest BCUT2D eigenvalue weighted by Crippen LogP contribution is -2.24. The van der Waals surface area contributed by atoms with Gasteiger partial charge in [0.05, 0.1) is 5.92 Å². The maximum absolute atomic E-state index is 10.7. The lowest BCUT2D eigenvalue weighted by atomic mass is 9.81. The van der Waals surface area contributed by atoms with Crippen LogP contribution in [0.1, 0.15) is 41.0 Å². The molecular weight excluding hydrogens is 164 g/mol. The summed E-state index contributed by atoms with van der Waals surface area (Å²) in [4.78, 5) is 10.7. The Morgan fingerprint density at radius 3 is 1.92 bits per heavy atom. The number of carboxylic acid groups (broad SMARTS) is 1. The normalized spacial score (nSPS) is 18.3. The fourth-order valence-corrected chi connectivity index (χ4v) is 1.68. The Hall–Kier alpha value is -0.530. The van der Waals surface area contributed by atoms with Crippen molar-refractivity contribution < 1.29 is 9.90 Å². The Balaban J connectivity index is 4.08. The molecule has 0 aliphatic rings. The van der Waals surface area contributed by atoms with Crippen molar-refractivity contribution in [1.82, 2.24) is 0 Å². The molecule has 0 aromatic heterocycles. The first-order valence-electron chi connectivity index (χ1n) is 5.09. The average molecular weight is 186 g/mol. The first kappa shape index (κ1) is 12.5. The highest BCUT2D eigenvalue weighted by Crippen LogP contribution is 2.26. The van der Waals surface area contributed by atoms with Crippen molar-refractivity contribution >= 4 is 5.97 Å². The molecular formula is C11H22O2. The molecule has 0 radical (unpaired) electrons. The van der Waals surface area contributed by atoms with Crippen LogP contribution in [0.15, 0.2) is 0 Å². The van der Waals surface area contributed by atoms with Crippen molar-refractivity contribution in [3.63, 3.8) is 0 Å². The van der Waals surface area contributed by atoms with Gasteiger partial charge in [-0.25, -0.2) is 0 Å². The summed E-state index contributed by atoms with van der Waals surface area (Å²) in [5.74, 6) is 0.501. The second-order valence-corrected chi connectivity index (χ2v) is 4.59. The summed E-state index contributed by atoms with van der Waals surface area (Å²) >= 11 is 0. The molecule has 0 rings (SSSR count). The summed E-state index contributed by atoms with van der Waals surface area (Å²) in [6, 6.07) is 0. The van der Waals surface area contributed by atoms with E-state index in [4.69, 9.17) is 5.11 Å². The SMILES string of the molecule is CC(C)CC(C)C(C)C(C)C(=O)O. The minimum absolute atomic E-state index is 0.228. The molecule has 0 amide bonds. The Morgan fingerprint density at radius 2 is 1.62 bits per heavy atom. The van der Waals surface area contributed by atoms with Gasteiger partial charge in [-0.15, -0.1) is 0 Å². The molecule has 0 aromatic carbocycles. The topological polar surface area (TPSA) is 37.3 Å². The van der Waals surface area contributed by atoms with Crippen LogP contribution < -0.4 is 0 Å². The predicted octanol–water partition coefficient (Wildman–Crippen LogP) is 3.03. The van der Waals surface area contributed by atoms with Crippen LogP contribution in [0.4, 0.5) is 0 Å². The quantitative estimate of drug-likeness (QED) is 0.716. The van der Waals surface area contributed by atoms with Gasteiger partial charge in [0.25, 0.3) is 0 Å². The second-order valence-electron chi connectivity index (χ2n) is 4.59. The van der Waals surface area contributed by atoms with Gasteiger partial charge in [-0.1, -0.05) is 34.6 Å². The van der Waals surface area contributed by atoms with Gasteiger partial charge >= 0.3 is 5.97 Å². The minimum Gasteiger partial charge on any atom is -0.481 e. The predicted molar refractivity (Wildman–Crippen MR) is 54.6 cm³/mol. The van der Waals surface area contributed by atoms with Gasteiger partial charge < -0.3 is 5.11 Å². The molecule has 13 heavy (non-hydrogen) atoms. The third-order valence-corrected chi connectivity index (χ3v) is 2.92. The number of aliphatic carboxylic acids is 1. The largest absolute Gasteiger partial charge is 0.481 e. The Kier molecular flexibility index (Phi) is 5.04. The Labute approximate surface area is 81.3 Å². The van der Waals surface area contributed by atoms with E-state index in [0.29, 0.717) is 11.8 Å². The highest BCUT2D eigenvalue weighted by Gasteiger charge is 2.24. The zero-order valence-electron chi connectivity index (χ0n) is 9.37. The van der Waals surface area contributed by atoms with Crippen LogP contribution in [0.3, 0.4) is 0 Å². The van der Waals surface area contributed by atoms with Crippen LogP contribution in [0.2, 0.25) is 0 Å². The van der Waals surface area contributed by atoms with Crippen molar-refractivity contribution in [3.8, 4) is 0 Å². The van der Waals surface area contributed by atoms with Crippen LogP contribution in [-0.4, -0.2) is 11.1 Å². The summed E-state index contributed by atoms with van der Waals surface area (Å²) in [5.41, 5.74) is 0. The van der Waals surface area contributed by atoms with E-state index in [2.05, 4.69) is 20.8 Å². The first-order valence-corrected chi connectivity index (χ1v) is 5.09. The van der Waals surface area contributed by atoms with E-state index in [1.807, 2.05) is 6.92 Å². The number of rotatable bonds is 5. The lowest BCUT2D eigenvalue weighted by Gasteiger charge is -2.24. The summed E-state index contributed by atoms with van der Waals surface area (Å²) in [5, 5.41) is 8.84. The molecule has 0 spiro atoms. The summed E-state index contributed by atoms with van der Waals surface area (Å²) in [6.07, 6.45) is 1.11. The smallest absolute Gasteiger partial charge is 0.306 e. The number of carbonyl (C=O) groups is 1. The van der Waals surface area contributed by atoms with Crippen molar-refractivity contribution in [2.75, 3.05) is 0 Å². The van der Waals surface area contributed by atoms with Crippen molar-refractivity contribution in [3.05, 3.63) is 0 Å². The van der Waals surface area contributed by atoms with E-state index in [1.165, 1.54) is 0 Å². The van der Waals surface area contributed by atoms with E-state index >= 15 is 0 Å². The van der Waals surface area contributed by atoms with Crippen LogP contribution >= 0.6 is 0 Å². The van der Waals surface area contributed by atoms with Gasteiger partial charge in [0.15, 0.2) is 0 Å². The van der Waals surface area contributed by atoms with E-state index in [0.717, 1.165) is 6.42 Å². The number of carboxylic acids is 1. The van der Waals surface area contributed by atoms with Crippen molar-refractivity contribution in [2.24, 2.45) is 23.7 Å². The average Bonchev–Trinajstić information content (AvgIpc) is 2.00. The van der Waals surface area contributed by atoms with Gasteiger partial charge in [-0.3, -0.25) is 4.79 Å². The van der Waals surface area contributed by atoms with Crippen molar-refractivity contribution in [1.29, 1.82) is 0 Å². The zero-order chi connectivity index (χ0) is 10.6. The molecule has 0 saturated carbocycles. The van der Waals surface area contributed by atoms with E-state index in [-0.39, 0.29) is 11.8 Å². The monoisotopic (exact) mass is 186 g/mol. The fourth-order valence-electron chi connectivity index (χ4n) is 1.68. The van der Waals surface area contributed by atoms with Crippen LogP contribution in [0.5, 0.6) is 0 Å². The molecule has 0 heterocycles. The maximum atomic E-state index is 10.7. The summed E-state index contributed by atoms with van der Waals surface area (Å²) < 4.78 is 0. The molecule has 2 nitrogen and oxygen atoms in total. The van der Waals surface area contributed by atoms with Crippen molar-refractivity contribution in [2.45, 2.75) is 41.0 Å².